The van der Waals surface area contributed by atoms with Crippen LogP contribution < -0.4 is 5.32 Å². The molecule has 23 heavy (non-hydrogen) atoms. The van der Waals surface area contributed by atoms with Gasteiger partial charge in [0.2, 0.25) is 0 Å². The van der Waals surface area contributed by atoms with E-state index in [0.29, 0.717) is 13.0 Å². The third-order valence-corrected chi connectivity index (χ3v) is 3.62. The van der Waals surface area contributed by atoms with Crippen molar-refractivity contribution in [3.05, 3.63) is 36.5 Å². The molecule has 5 heteroatoms. The predicted molar refractivity (Wildman–Crippen MR) is 96.9 cm³/mol. The van der Waals surface area contributed by atoms with Gasteiger partial charge in [-0.2, -0.15) is 0 Å². The highest BCUT2D eigenvalue weighted by molar-refractivity contribution is 5.80. The molecule has 0 saturated heterocycles. The maximum Gasteiger partial charge on any atom is 0.120 e. The monoisotopic (exact) mass is 322 g/mol. The van der Waals surface area contributed by atoms with Crippen molar-refractivity contribution in [1.29, 1.82) is 0 Å². The molecule has 1 aliphatic heterocycles. The summed E-state index contributed by atoms with van der Waals surface area (Å²) in [5, 5.41) is 3.46. The van der Waals surface area contributed by atoms with E-state index >= 15 is 0 Å². The van der Waals surface area contributed by atoms with Crippen molar-refractivity contribution in [1.82, 2.24) is 15.1 Å². The average Bonchev–Trinajstić information content (AvgIpc) is 2.48. The lowest BCUT2D eigenvalue weighted by Crippen LogP contribution is -2.46. The summed E-state index contributed by atoms with van der Waals surface area (Å²) in [6.45, 7) is 17.0. The van der Waals surface area contributed by atoms with Crippen molar-refractivity contribution < 1.29 is 4.39 Å². The minimum absolute atomic E-state index is 0.0485. The lowest BCUT2D eigenvalue weighted by atomic mass is 10.1. The standard InChI is InChI=1S/C18H31FN4/c1-7-11-23(14-21-18(4,5)6)15(3)20-12-17-10-9-16(19)13-22(17)8-2/h7,10,13,21H,1,8-9,11-12,14H2,2-6H3. The first kappa shape index (κ1) is 19.4. The molecule has 0 aliphatic carbocycles. The van der Waals surface area contributed by atoms with Crippen molar-refractivity contribution in [2.75, 3.05) is 26.3 Å². The van der Waals surface area contributed by atoms with Crippen molar-refractivity contribution in [2.45, 2.75) is 46.6 Å². The quantitative estimate of drug-likeness (QED) is 0.336. The summed E-state index contributed by atoms with van der Waals surface area (Å²) in [4.78, 5) is 8.75. The molecule has 4 nitrogen and oxygen atoms in total. The highest BCUT2D eigenvalue weighted by Crippen LogP contribution is 2.19. The summed E-state index contributed by atoms with van der Waals surface area (Å²) >= 11 is 0. The van der Waals surface area contributed by atoms with Gasteiger partial charge in [-0.05, 0) is 34.6 Å². The van der Waals surface area contributed by atoms with E-state index in [1.54, 1.807) is 6.20 Å². The fourth-order valence-electron chi connectivity index (χ4n) is 2.18. The highest BCUT2D eigenvalue weighted by Gasteiger charge is 2.14. The van der Waals surface area contributed by atoms with Gasteiger partial charge >= 0.3 is 0 Å². The van der Waals surface area contributed by atoms with Crippen LogP contribution in [0.15, 0.2) is 41.4 Å². The topological polar surface area (TPSA) is 30.9 Å². The Balaban J connectivity index is 2.70. The molecule has 0 unspecified atom stereocenters. The van der Waals surface area contributed by atoms with Crippen LogP contribution in [0.2, 0.25) is 0 Å². The maximum atomic E-state index is 13.3. The van der Waals surface area contributed by atoms with E-state index in [0.717, 1.165) is 31.3 Å². The van der Waals surface area contributed by atoms with E-state index < -0.39 is 0 Å². The number of aliphatic imine (C=N–C) groups is 1. The van der Waals surface area contributed by atoms with Crippen LogP contribution in [0.5, 0.6) is 0 Å². The van der Waals surface area contributed by atoms with E-state index in [9.17, 15) is 4.39 Å². The first-order valence-electron chi connectivity index (χ1n) is 8.20. The van der Waals surface area contributed by atoms with Crippen molar-refractivity contribution in [3.63, 3.8) is 0 Å². The lowest BCUT2D eigenvalue weighted by Gasteiger charge is -2.29. The first-order valence-corrected chi connectivity index (χ1v) is 8.20. The Hall–Kier alpha value is -1.62. The second kappa shape index (κ2) is 8.87. The maximum absolute atomic E-state index is 13.3. The van der Waals surface area contributed by atoms with E-state index in [4.69, 9.17) is 0 Å². The van der Waals surface area contributed by atoms with Gasteiger partial charge in [-0.3, -0.25) is 10.3 Å². The minimum atomic E-state index is -0.0982. The molecular weight excluding hydrogens is 291 g/mol. The molecular formula is C18H31FN4. The molecule has 0 atom stereocenters. The van der Waals surface area contributed by atoms with Gasteiger partial charge in [0.15, 0.2) is 0 Å². The number of nitrogens with one attached hydrogen (secondary N) is 1. The normalized spacial score (nSPS) is 16.1. The fraction of sp³-hybridized carbons (Fsp3) is 0.611. The van der Waals surface area contributed by atoms with Gasteiger partial charge in [-0.25, -0.2) is 4.39 Å². The van der Waals surface area contributed by atoms with E-state index in [1.807, 2.05) is 30.9 Å². The summed E-state index contributed by atoms with van der Waals surface area (Å²) in [6, 6.07) is 0. The molecule has 1 heterocycles. The van der Waals surface area contributed by atoms with Crippen LogP contribution in [0.1, 0.15) is 41.0 Å². The van der Waals surface area contributed by atoms with Gasteiger partial charge in [0, 0.05) is 36.9 Å². The Morgan fingerprint density at radius 2 is 2.22 bits per heavy atom. The largest absolute Gasteiger partial charge is 0.348 e. The second-order valence-corrected chi connectivity index (χ2v) is 6.72. The lowest BCUT2D eigenvalue weighted by molar-refractivity contribution is 0.327. The highest BCUT2D eigenvalue weighted by atomic mass is 19.1. The summed E-state index contributed by atoms with van der Waals surface area (Å²) in [7, 11) is 0. The molecule has 0 radical (unpaired) electrons. The Morgan fingerprint density at radius 3 is 2.78 bits per heavy atom. The molecule has 0 bridgehead atoms. The molecule has 1 rings (SSSR count). The number of nitrogens with zero attached hydrogens (tertiary/aromatic N) is 3. The van der Waals surface area contributed by atoms with Crippen LogP contribution >= 0.6 is 0 Å². The summed E-state index contributed by atoms with van der Waals surface area (Å²) < 4.78 is 13.3. The Kier molecular flexibility index (Phi) is 7.49. The van der Waals surface area contributed by atoms with Crippen LogP contribution in [0.25, 0.3) is 0 Å². The fourth-order valence-corrected chi connectivity index (χ4v) is 2.18. The SMILES string of the molecule is C=CCN(CNC(C)(C)C)C(C)=NCC1=CCC(F)=CN1CC. The van der Waals surface area contributed by atoms with Crippen molar-refractivity contribution in [3.8, 4) is 0 Å². The number of amidine groups is 1. The smallest absolute Gasteiger partial charge is 0.120 e. The van der Waals surface area contributed by atoms with Crippen LogP contribution in [0.3, 0.4) is 0 Å². The molecule has 0 aromatic carbocycles. The first-order chi connectivity index (χ1) is 10.8. The second-order valence-electron chi connectivity index (χ2n) is 6.72. The van der Waals surface area contributed by atoms with Gasteiger partial charge in [-0.1, -0.05) is 12.2 Å². The molecule has 0 fully saturated rings. The number of halogens is 1. The third-order valence-electron chi connectivity index (χ3n) is 3.62. The van der Waals surface area contributed by atoms with Crippen LogP contribution in [-0.2, 0) is 0 Å². The summed E-state index contributed by atoms with van der Waals surface area (Å²) in [5.74, 6) is 0.854. The van der Waals surface area contributed by atoms with Crippen molar-refractivity contribution >= 4 is 5.84 Å². The molecule has 1 aliphatic rings. The van der Waals surface area contributed by atoms with Crippen molar-refractivity contribution in [2.24, 2.45) is 4.99 Å². The molecule has 0 aromatic rings. The zero-order valence-electron chi connectivity index (χ0n) is 15.2. The number of rotatable bonds is 7. The zero-order chi connectivity index (χ0) is 17.5. The van der Waals surface area contributed by atoms with Gasteiger partial charge in [0.1, 0.15) is 5.83 Å². The van der Waals surface area contributed by atoms with Crippen LogP contribution in [-0.4, -0.2) is 47.5 Å². The van der Waals surface area contributed by atoms with Gasteiger partial charge in [0.05, 0.1) is 19.0 Å². The summed E-state index contributed by atoms with van der Waals surface area (Å²) in [6.07, 6.45) is 5.73. The average molecular weight is 322 g/mol. The van der Waals surface area contributed by atoms with Gasteiger partial charge < -0.3 is 9.80 Å². The molecule has 0 amide bonds. The predicted octanol–water partition coefficient (Wildman–Crippen LogP) is 3.66. The zero-order valence-corrected chi connectivity index (χ0v) is 15.2. The molecule has 0 spiro atoms. The Morgan fingerprint density at radius 1 is 1.52 bits per heavy atom. The van der Waals surface area contributed by atoms with Crippen LogP contribution in [0, 0.1) is 0 Å². The molecule has 0 saturated carbocycles. The number of hydrogen-bond donors (Lipinski definition) is 1. The van der Waals surface area contributed by atoms with E-state index in [2.05, 4.69) is 42.6 Å². The van der Waals surface area contributed by atoms with E-state index in [-0.39, 0.29) is 11.4 Å². The van der Waals surface area contributed by atoms with E-state index in [1.165, 1.54) is 0 Å². The van der Waals surface area contributed by atoms with Crippen LogP contribution in [0.4, 0.5) is 4.39 Å². The minimum Gasteiger partial charge on any atom is -0.348 e. The Bertz CT molecular complexity index is 486. The molecule has 1 N–H and O–H groups in total. The molecule has 0 aromatic heterocycles. The number of allylic oxidation sites excluding steroid dienone is 2. The molecule has 130 valence electrons. The number of likely N-dealkylation sites (N-methyl/N-ethyl adjacent to an activating group) is 1. The van der Waals surface area contributed by atoms with Gasteiger partial charge in [-0.15, -0.1) is 6.58 Å². The summed E-state index contributed by atoms with van der Waals surface area (Å²) in [5.41, 5.74) is 1.10. The number of hydrogen-bond acceptors (Lipinski definition) is 3. The third kappa shape index (κ3) is 6.99. The van der Waals surface area contributed by atoms with Gasteiger partial charge in [0.25, 0.3) is 0 Å². The Labute approximate surface area is 140 Å².